The molecule has 0 saturated carbocycles. The second-order valence-electron chi connectivity index (χ2n) is 6.94. The molecule has 0 unspecified atom stereocenters. The Hall–Kier alpha value is -2.30. The van der Waals surface area contributed by atoms with Crippen molar-refractivity contribution in [2.75, 3.05) is 26.2 Å². The zero-order valence-corrected chi connectivity index (χ0v) is 15.1. The Balaban J connectivity index is 1.21. The van der Waals surface area contributed by atoms with Gasteiger partial charge in [-0.05, 0) is 61.3 Å². The molecule has 0 atom stereocenters. The summed E-state index contributed by atoms with van der Waals surface area (Å²) in [5.41, 5.74) is 3.44. The lowest BCUT2D eigenvalue weighted by Crippen LogP contribution is -2.25. The van der Waals surface area contributed by atoms with Gasteiger partial charge in [0.2, 0.25) is 0 Å². The van der Waals surface area contributed by atoms with Crippen LogP contribution in [0.4, 0.5) is 0 Å². The number of furan rings is 1. The summed E-state index contributed by atoms with van der Waals surface area (Å²) in [5.74, 6) is 0.955. The van der Waals surface area contributed by atoms with Crippen LogP contribution in [0, 0.1) is 0 Å². The van der Waals surface area contributed by atoms with Crippen LogP contribution in [-0.4, -0.2) is 31.1 Å². The first-order valence-electron chi connectivity index (χ1n) is 9.48. The Labute approximate surface area is 154 Å². The quantitative estimate of drug-likeness (QED) is 0.661. The topological polar surface area (TPSA) is 37.6 Å². The Kier molecular flexibility index (Phi) is 5.53. The molecule has 0 bridgehead atoms. The lowest BCUT2D eigenvalue weighted by Gasteiger charge is -2.15. The van der Waals surface area contributed by atoms with Crippen molar-refractivity contribution in [1.82, 2.24) is 10.2 Å². The number of rotatable bonds is 8. The molecule has 0 amide bonds. The van der Waals surface area contributed by atoms with E-state index in [1.54, 1.807) is 6.26 Å². The van der Waals surface area contributed by atoms with Crippen molar-refractivity contribution in [2.24, 2.45) is 0 Å². The van der Waals surface area contributed by atoms with E-state index in [-0.39, 0.29) is 0 Å². The molecule has 1 aliphatic heterocycles. The van der Waals surface area contributed by atoms with Crippen LogP contribution in [-0.2, 0) is 13.1 Å². The van der Waals surface area contributed by atoms with E-state index in [1.807, 2.05) is 6.07 Å². The molecule has 4 heteroatoms. The number of benzene rings is 2. The van der Waals surface area contributed by atoms with Crippen molar-refractivity contribution in [3.8, 4) is 5.75 Å². The van der Waals surface area contributed by atoms with E-state index in [1.165, 1.54) is 37.1 Å². The fraction of sp³-hybridized carbons (Fsp3) is 0.364. The molecule has 136 valence electrons. The molecule has 1 aromatic heterocycles. The average molecular weight is 350 g/mol. The lowest BCUT2D eigenvalue weighted by atomic mass is 10.1. The number of likely N-dealkylation sites (tertiary alicyclic amines) is 1. The van der Waals surface area contributed by atoms with Crippen molar-refractivity contribution in [3.63, 3.8) is 0 Å². The summed E-state index contributed by atoms with van der Waals surface area (Å²) in [4.78, 5) is 2.47. The predicted molar refractivity (Wildman–Crippen MR) is 104 cm³/mol. The van der Waals surface area contributed by atoms with Crippen molar-refractivity contribution < 1.29 is 9.15 Å². The zero-order chi connectivity index (χ0) is 17.6. The third-order valence-electron chi connectivity index (χ3n) is 4.98. The van der Waals surface area contributed by atoms with Gasteiger partial charge in [0.05, 0.1) is 6.26 Å². The minimum atomic E-state index is 0.771. The number of hydrogen-bond donors (Lipinski definition) is 1. The van der Waals surface area contributed by atoms with Crippen LogP contribution in [0.3, 0.4) is 0 Å². The summed E-state index contributed by atoms with van der Waals surface area (Å²) in [6, 6.07) is 16.7. The normalized spacial score (nSPS) is 14.9. The van der Waals surface area contributed by atoms with Gasteiger partial charge in [-0.15, -0.1) is 0 Å². The van der Waals surface area contributed by atoms with Gasteiger partial charge >= 0.3 is 0 Å². The molecule has 1 fully saturated rings. The third-order valence-corrected chi connectivity index (χ3v) is 4.98. The van der Waals surface area contributed by atoms with E-state index in [2.05, 4.69) is 52.7 Å². The molecule has 4 nitrogen and oxygen atoms in total. The molecule has 3 aromatic rings. The first kappa shape index (κ1) is 17.1. The lowest BCUT2D eigenvalue weighted by molar-refractivity contribution is 0.238. The van der Waals surface area contributed by atoms with E-state index in [9.17, 15) is 0 Å². The maximum atomic E-state index is 5.86. The molecule has 0 aliphatic carbocycles. The molecule has 1 saturated heterocycles. The van der Waals surface area contributed by atoms with Crippen LogP contribution >= 0.6 is 0 Å². The van der Waals surface area contributed by atoms with Gasteiger partial charge < -0.3 is 14.5 Å². The van der Waals surface area contributed by atoms with Crippen molar-refractivity contribution >= 4 is 11.0 Å². The number of ether oxygens (including phenoxy) is 1. The minimum absolute atomic E-state index is 0.771. The van der Waals surface area contributed by atoms with E-state index in [0.717, 1.165) is 43.0 Å². The highest BCUT2D eigenvalue weighted by atomic mass is 16.5. The van der Waals surface area contributed by atoms with Gasteiger partial charge in [-0.2, -0.15) is 0 Å². The molecular weight excluding hydrogens is 324 g/mol. The maximum absolute atomic E-state index is 5.86. The first-order valence-corrected chi connectivity index (χ1v) is 9.48. The summed E-state index contributed by atoms with van der Waals surface area (Å²) >= 11 is 0. The van der Waals surface area contributed by atoms with Gasteiger partial charge in [-0.1, -0.05) is 24.3 Å². The largest absolute Gasteiger partial charge is 0.492 e. The zero-order valence-electron chi connectivity index (χ0n) is 15.1. The second-order valence-corrected chi connectivity index (χ2v) is 6.94. The van der Waals surface area contributed by atoms with E-state index in [0.29, 0.717) is 0 Å². The Morgan fingerprint density at radius 1 is 0.923 bits per heavy atom. The number of nitrogens with one attached hydrogen (secondary N) is 1. The standard InChI is InChI=1S/C22H26N2O2/c1-2-11-24(10-1)12-14-25-21-7-4-18(5-8-21)16-23-17-19-3-6-20-9-13-26-22(20)15-19/h3-9,13,15,23H,1-2,10-12,14,16-17H2. The highest BCUT2D eigenvalue weighted by Crippen LogP contribution is 2.17. The average Bonchev–Trinajstić information content (AvgIpc) is 3.34. The number of nitrogens with zero attached hydrogens (tertiary/aromatic N) is 1. The molecular formula is C22H26N2O2. The molecule has 1 aliphatic rings. The fourth-order valence-corrected chi connectivity index (χ4v) is 3.46. The highest BCUT2D eigenvalue weighted by Gasteiger charge is 2.10. The van der Waals surface area contributed by atoms with E-state index >= 15 is 0 Å². The van der Waals surface area contributed by atoms with Crippen molar-refractivity contribution in [2.45, 2.75) is 25.9 Å². The molecule has 2 heterocycles. The van der Waals surface area contributed by atoms with Crippen LogP contribution in [0.25, 0.3) is 11.0 Å². The van der Waals surface area contributed by atoms with Gasteiger partial charge in [0.25, 0.3) is 0 Å². The SMILES string of the molecule is c1cc2ccc(CNCc3ccc(OCCN4CCCC4)cc3)cc2o1. The van der Waals surface area contributed by atoms with E-state index in [4.69, 9.17) is 9.15 Å². The Bertz CT molecular complexity index is 820. The van der Waals surface area contributed by atoms with Crippen LogP contribution in [0.15, 0.2) is 59.2 Å². The fourth-order valence-electron chi connectivity index (χ4n) is 3.46. The van der Waals surface area contributed by atoms with Crippen LogP contribution in [0.2, 0.25) is 0 Å². The van der Waals surface area contributed by atoms with Crippen LogP contribution < -0.4 is 10.1 Å². The van der Waals surface area contributed by atoms with Crippen LogP contribution in [0.5, 0.6) is 5.75 Å². The predicted octanol–water partition coefficient (Wildman–Crippen LogP) is 4.20. The van der Waals surface area contributed by atoms with Crippen molar-refractivity contribution in [1.29, 1.82) is 0 Å². The van der Waals surface area contributed by atoms with Gasteiger partial charge in [0.15, 0.2) is 0 Å². The third kappa shape index (κ3) is 4.45. The molecule has 2 aromatic carbocycles. The van der Waals surface area contributed by atoms with Crippen LogP contribution in [0.1, 0.15) is 24.0 Å². The molecule has 0 spiro atoms. The van der Waals surface area contributed by atoms with Gasteiger partial charge in [0, 0.05) is 25.0 Å². The van der Waals surface area contributed by atoms with Gasteiger partial charge in [0.1, 0.15) is 17.9 Å². The molecule has 26 heavy (non-hydrogen) atoms. The highest BCUT2D eigenvalue weighted by molar-refractivity contribution is 5.77. The van der Waals surface area contributed by atoms with Crippen molar-refractivity contribution in [3.05, 3.63) is 65.9 Å². The molecule has 4 rings (SSSR count). The monoisotopic (exact) mass is 350 g/mol. The molecule has 0 radical (unpaired) electrons. The maximum Gasteiger partial charge on any atom is 0.134 e. The summed E-state index contributed by atoms with van der Waals surface area (Å²) in [6.45, 7) is 5.91. The number of fused-ring (bicyclic) bond motifs is 1. The smallest absolute Gasteiger partial charge is 0.134 e. The van der Waals surface area contributed by atoms with E-state index < -0.39 is 0 Å². The van der Waals surface area contributed by atoms with Gasteiger partial charge in [-0.25, -0.2) is 0 Å². The minimum Gasteiger partial charge on any atom is -0.492 e. The summed E-state index contributed by atoms with van der Waals surface area (Å²) in [5, 5.41) is 4.63. The Morgan fingerprint density at radius 2 is 1.69 bits per heavy atom. The summed E-state index contributed by atoms with van der Waals surface area (Å²) in [7, 11) is 0. The summed E-state index contributed by atoms with van der Waals surface area (Å²) in [6.07, 6.45) is 4.39. The first-order chi connectivity index (χ1) is 12.9. The Morgan fingerprint density at radius 3 is 2.54 bits per heavy atom. The number of hydrogen-bond acceptors (Lipinski definition) is 4. The van der Waals surface area contributed by atoms with Gasteiger partial charge in [-0.3, -0.25) is 4.90 Å². The second kappa shape index (κ2) is 8.39. The molecule has 1 N–H and O–H groups in total. The summed E-state index contributed by atoms with van der Waals surface area (Å²) < 4.78 is 11.3.